The van der Waals surface area contributed by atoms with Gasteiger partial charge in [0.25, 0.3) is 5.91 Å². The third-order valence-corrected chi connectivity index (χ3v) is 5.41. The lowest BCUT2D eigenvalue weighted by atomic mass is 10.1. The summed E-state index contributed by atoms with van der Waals surface area (Å²) in [5.74, 6) is 0.228. The maximum Gasteiger partial charge on any atom is 0.322 e. The minimum absolute atomic E-state index is 0.183. The van der Waals surface area contributed by atoms with Crippen molar-refractivity contribution in [2.45, 2.75) is 52.6 Å². The van der Waals surface area contributed by atoms with Crippen LogP contribution in [-0.2, 0) is 22.7 Å². The van der Waals surface area contributed by atoms with Gasteiger partial charge in [0.2, 0.25) is 0 Å². The molecule has 3 aromatic carbocycles. The Bertz CT molecular complexity index is 1050. The highest BCUT2D eigenvalue weighted by atomic mass is 16.7. The summed E-state index contributed by atoms with van der Waals surface area (Å²) in [6.07, 6.45) is 4.64. The minimum Gasteiger partial charge on any atom is -0.494 e. The third kappa shape index (κ3) is 9.26. The van der Waals surface area contributed by atoms with Gasteiger partial charge in [0.1, 0.15) is 5.75 Å². The predicted octanol–water partition coefficient (Wildman–Crippen LogP) is 6.38. The lowest BCUT2D eigenvalue weighted by molar-refractivity contribution is -0.194. The van der Waals surface area contributed by atoms with Gasteiger partial charge in [0.15, 0.2) is 0 Å². The van der Waals surface area contributed by atoms with Crippen molar-refractivity contribution >= 4 is 17.6 Å². The topological polar surface area (TPSA) is 67.9 Å². The summed E-state index contributed by atoms with van der Waals surface area (Å²) in [5, 5.41) is 4.54. The Balaban J connectivity index is 1.52. The van der Waals surface area contributed by atoms with Crippen molar-refractivity contribution in [1.82, 2.24) is 5.06 Å². The van der Waals surface area contributed by atoms with Crippen molar-refractivity contribution in [3.63, 3.8) is 0 Å². The molecule has 0 bridgehead atoms. The van der Waals surface area contributed by atoms with Gasteiger partial charge in [-0.3, -0.25) is 9.59 Å². The number of unbranched alkanes of at least 4 members (excludes halogenated alkanes) is 3. The number of nitrogens with zero attached hydrogens (tertiary/aromatic N) is 1. The van der Waals surface area contributed by atoms with Gasteiger partial charge in [-0.2, -0.15) is 0 Å². The van der Waals surface area contributed by atoms with Crippen LogP contribution in [0.15, 0.2) is 78.9 Å². The number of carbonyl (C=O) groups is 2. The van der Waals surface area contributed by atoms with Crippen molar-refractivity contribution < 1.29 is 19.2 Å². The number of rotatable bonds is 13. The molecule has 0 atom stereocenters. The molecule has 1 amide bonds. The van der Waals surface area contributed by atoms with Crippen LogP contribution in [0.3, 0.4) is 0 Å². The zero-order valence-electron chi connectivity index (χ0n) is 20.5. The van der Waals surface area contributed by atoms with Crippen LogP contribution in [0.4, 0.5) is 5.69 Å². The molecule has 0 aromatic heterocycles. The molecule has 0 heterocycles. The Labute approximate surface area is 207 Å². The molecule has 6 heteroatoms. The quantitative estimate of drug-likeness (QED) is 0.230. The standard InChI is InChI=1S/C29H34N2O4/c1-3-4-5-9-20-34-28-18-14-26(15-19-28)29(33)30-27-16-12-25(13-17-27)22-31(35-23(2)32)21-24-10-7-6-8-11-24/h6-8,10-19H,3-5,9,20-22H2,1-2H3,(H,30,33). The summed E-state index contributed by atoms with van der Waals surface area (Å²) < 4.78 is 5.74. The molecule has 184 valence electrons. The van der Waals surface area contributed by atoms with Crippen LogP contribution in [0, 0.1) is 0 Å². The molecule has 6 nitrogen and oxygen atoms in total. The molecule has 0 unspecified atom stereocenters. The fourth-order valence-electron chi connectivity index (χ4n) is 3.61. The highest BCUT2D eigenvalue weighted by Gasteiger charge is 2.12. The largest absolute Gasteiger partial charge is 0.494 e. The third-order valence-electron chi connectivity index (χ3n) is 5.41. The predicted molar refractivity (Wildman–Crippen MR) is 138 cm³/mol. The average Bonchev–Trinajstić information content (AvgIpc) is 2.85. The monoisotopic (exact) mass is 474 g/mol. The second kappa shape index (κ2) is 13.9. The van der Waals surface area contributed by atoms with Crippen LogP contribution in [0.1, 0.15) is 61.0 Å². The molecule has 0 aliphatic heterocycles. The van der Waals surface area contributed by atoms with Crippen molar-refractivity contribution in [3.8, 4) is 5.75 Å². The maximum absolute atomic E-state index is 12.6. The number of benzene rings is 3. The molecular weight excluding hydrogens is 440 g/mol. The number of carbonyl (C=O) groups excluding carboxylic acids is 2. The van der Waals surface area contributed by atoms with E-state index >= 15 is 0 Å². The van der Waals surface area contributed by atoms with Gasteiger partial charge in [-0.15, -0.1) is 5.06 Å². The molecule has 35 heavy (non-hydrogen) atoms. The number of hydrogen-bond acceptors (Lipinski definition) is 5. The fourth-order valence-corrected chi connectivity index (χ4v) is 3.61. The van der Waals surface area contributed by atoms with E-state index in [1.807, 2.05) is 66.7 Å². The first kappa shape index (κ1) is 26.0. The Morgan fingerprint density at radius 2 is 1.46 bits per heavy atom. The van der Waals surface area contributed by atoms with E-state index < -0.39 is 0 Å². The number of amides is 1. The molecule has 3 aromatic rings. The number of ether oxygens (including phenoxy) is 1. The molecule has 0 saturated heterocycles. The highest BCUT2D eigenvalue weighted by Crippen LogP contribution is 2.17. The van der Waals surface area contributed by atoms with E-state index in [1.165, 1.54) is 26.2 Å². The highest BCUT2D eigenvalue weighted by molar-refractivity contribution is 6.04. The Kier molecular flexibility index (Phi) is 10.3. The zero-order chi connectivity index (χ0) is 24.9. The van der Waals surface area contributed by atoms with Crippen LogP contribution in [0.25, 0.3) is 0 Å². The van der Waals surface area contributed by atoms with Gasteiger partial charge in [-0.1, -0.05) is 68.7 Å². The first-order valence-corrected chi connectivity index (χ1v) is 12.1. The van der Waals surface area contributed by atoms with E-state index in [2.05, 4.69) is 12.2 Å². The summed E-state index contributed by atoms with van der Waals surface area (Å²) in [7, 11) is 0. The summed E-state index contributed by atoms with van der Waals surface area (Å²) >= 11 is 0. The smallest absolute Gasteiger partial charge is 0.322 e. The van der Waals surface area contributed by atoms with E-state index in [9.17, 15) is 9.59 Å². The average molecular weight is 475 g/mol. The first-order valence-electron chi connectivity index (χ1n) is 12.1. The van der Waals surface area contributed by atoms with Crippen molar-refractivity contribution in [2.75, 3.05) is 11.9 Å². The number of anilines is 1. The van der Waals surface area contributed by atoms with E-state index in [0.717, 1.165) is 23.3 Å². The molecule has 0 aliphatic rings. The summed E-state index contributed by atoms with van der Waals surface area (Å²) in [4.78, 5) is 29.5. The van der Waals surface area contributed by atoms with Crippen molar-refractivity contribution in [1.29, 1.82) is 0 Å². The van der Waals surface area contributed by atoms with Gasteiger partial charge in [0, 0.05) is 18.2 Å². The Hall–Kier alpha value is -3.64. The number of hydrogen-bond donors (Lipinski definition) is 1. The second-order valence-corrected chi connectivity index (χ2v) is 8.45. The van der Waals surface area contributed by atoms with Crippen LogP contribution in [-0.4, -0.2) is 23.5 Å². The Morgan fingerprint density at radius 1 is 0.800 bits per heavy atom. The van der Waals surface area contributed by atoms with Gasteiger partial charge >= 0.3 is 5.97 Å². The lowest BCUT2D eigenvalue weighted by Gasteiger charge is -2.21. The molecular formula is C29H34N2O4. The van der Waals surface area contributed by atoms with Crippen LogP contribution >= 0.6 is 0 Å². The summed E-state index contributed by atoms with van der Waals surface area (Å²) in [6.45, 7) is 5.19. The molecule has 3 rings (SSSR count). The molecule has 0 fully saturated rings. The molecule has 0 aliphatic carbocycles. The lowest BCUT2D eigenvalue weighted by Crippen LogP contribution is -2.25. The van der Waals surface area contributed by atoms with E-state index in [1.54, 1.807) is 17.2 Å². The van der Waals surface area contributed by atoms with Crippen LogP contribution in [0.2, 0.25) is 0 Å². The fraction of sp³-hybridized carbons (Fsp3) is 0.310. The van der Waals surface area contributed by atoms with E-state index in [-0.39, 0.29) is 11.9 Å². The van der Waals surface area contributed by atoms with Gasteiger partial charge < -0.3 is 14.9 Å². The van der Waals surface area contributed by atoms with Gasteiger partial charge in [0.05, 0.1) is 19.7 Å². The van der Waals surface area contributed by atoms with Crippen LogP contribution < -0.4 is 10.1 Å². The van der Waals surface area contributed by atoms with Gasteiger partial charge in [-0.05, 0) is 53.9 Å². The van der Waals surface area contributed by atoms with Crippen molar-refractivity contribution in [3.05, 3.63) is 95.6 Å². The molecule has 1 N–H and O–H groups in total. The maximum atomic E-state index is 12.6. The first-order chi connectivity index (χ1) is 17.0. The number of nitrogens with one attached hydrogen (secondary N) is 1. The molecule has 0 spiro atoms. The Morgan fingerprint density at radius 3 is 2.09 bits per heavy atom. The SMILES string of the molecule is CCCCCCOc1ccc(C(=O)Nc2ccc(CN(Cc3ccccc3)OC(C)=O)cc2)cc1. The van der Waals surface area contributed by atoms with Gasteiger partial charge in [-0.25, -0.2) is 0 Å². The van der Waals surface area contributed by atoms with E-state index in [4.69, 9.17) is 9.57 Å². The molecule has 0 radical (unpaired) electrons. The summed E-state index contributed by atoms with van der Waals surface area (Å²) in [6, 6.07) is 24.5. The second-order valence-electron chi connectivity index (χ2n) is 8.45. The normalized spacial score (nSPS) is 10.7. The molecule has 0 saturated carbocycles. The van der Waals surface area contributed by atoms with Crippen molar-refractivity contribution in [2.24, 2.45) is 0 Å². The van der Waals surface area contributed by atoms with E-state index in [0.29, 0.717) is 30.9 Å². The van der Waals surface area contributed by atoms with Crippen LogP contribution in [0.5, 0.6) is 5.75 Å². The number of hydroxylamine groups is 2. The summed E-state index contributed by atoms with van der Waals surface area (Å²) in [5.41, 5.74) is 3.26. The zero-order valence-corrected chi connectivity index (χ0v) is 20.5. The minimum atomic E-state index is -0.363.